The maximum atomic E-state index is 4.27. The van der Waals surface area contributed by atoms with E-state index in [0.29, 0.717) is 6.04 Å². The van der Waals surface area contributed by atoms with Crippen LogP contribution in [-0.4, -0.2) is 46.4 Å². The van der Waals surface area contributed by atoms with Crippen molar-refractivity contribution in [1.82, 2.24) is 19.8 Å². The lowest BCUT2D eigenvalue weighted by molar-refractivity contribution is 0.158. The molecule has 1 aromatic heterocycles. The van der Waals surface area contributed by atoms with E-state index in [0.717, 1.165) is 31.9 Å². The Morgan fingerprint density at radius 2 is 2.10 bits per heavy atom. The van der Waals surface area contributed by atoms with Crippen molar-refractivity contribution in [3.63, 3.8) is 0 Å². The monoisotopic (exact) mass is 284 g/mol. The summed E-state index contributed by atoms with van der Waals surface area (Å²) in [5.41, 5.74) is 4.17. The summed E-state index contributed by atoms with van der Waals surface area (Å²) in [6.45, 7) is 5.04. The third kappa shape index (κ3) is 3.34. The highest BCUT2D eigenvalue weighted by Gasteiger charge is 2.24. The van der Waals surface area contributed by atoms with Gasteiger partial charge in [-0.25, -0.2) is 4.98 Å². The molecule has 0 unspecified atom stereocenters. The Balaban J connectivity index is 1.62. The topological polar surface area (TPSA) is 35.2 Å². The van der Waals surface area contributed by atoms with Crippen LogP contribution in [0.3, 0.4) is 0 Å². The summed E-state index contributed by atoms with van der Waals surface area (Å²) in [6.07, 6.45) is 3.07. The first-order valence-electron chi connectivity index (χ1n) is 7.58. The second kappa shape index (κ2) is 6.00. The van der Waals surface area contributed by atoms with Gasteiger partial charge < -0.3 is 4.98 Å². The Labute approximate surface area is 126 Å². The van der Waals surface area contributed by atoms with Gasteiger partial charge in [-0.3, -0.25) is 9.80 Å². The van der Waals surface area contributed by atoms with Crippen molar-refractivity contribution >= 4 is 0 Å². The molecule has 1 aromatic carbocycles. The second-order valence-corrected chi connectivity index (χ2v) is 6.23. The lowest BCUT2D eigenvalue weighted by atomic mass is 9.94. The third-order valence-corrected chi connectivity index (χ3v) is 4.34. The number of nitrogens with zero attached hydrogens (tertiary/aromatic N) is 3. The molecule has 0 radical (unpaired) electrons. The smallest absolute Gasteiger partial charge is 0.103 e. The standard InChI is InChI=1S/C17H24N4/c1-13-18-9-16(19-13)11-20(2)12-17-8-14-6-4-5-7-15(14)10-21(17)3/h4-7,9,17H,8,10-12H2,1-3H3,(H,18,19)/t17-/m0/s1. The van der Waals surface area contributed by atoms with E-state index in [1.807, 2.05) is 13.1 Å². The Hall–Kier alpha value is -1.65. The highest BCUT2D eigenvalue weighted by Crippen LogP contribution is 2.22. The number of aromatic nitrogens is 2. The lowest BCUT2D eigenvalue weighted by Gasteiger charge is -2.36. The fourth-order valence-corrected chi connectivity index (χ4v) is 3.19. The first-order chi connectivity index (χ1) is 10.1. The molecule has 3 rings (SSSR count). The summed E-state index contributed by atoms with van der Waals surface area (Å²) in [5, 5.41) is 0. The number of H-pyrrole nitrogens is 1. The van der Waals surface area contributed by atoms with Crippen LogP contribution in [0.1, 0.15) is 22.6 Å². The number of rotatable bonds is 4. The molecule has 4 heteroatoms. The van der Waals surface area contributed by atoms with Gasteiger partial charge in [0, 0.05) is 37.6 Å². The van der Waals surface area contributed by atoms with Gasteiger partial charge in [-0.2, -0.15) is 0 Å². The zero-order chi connectivity index (χ0) is 14.8. The van der Waals surface area contributed by atoms with Crippen LogP contribution >= 0.6 is 0 Å². The molecular weight excluding hydrogens is 260 g/mol. The molecule has 2 aromatic rings. The molecule has 0 aliphatic carbocycles. The van der Waals surface area contributed by atoms with Crippen LogP contribution < -0.4 is 0 Å². The van der Waals surface area contributed by atoms with Gasteiger partial charge in [0.1, 0.15) is 5.82 Å². The van der Waals surface area contributed by atoms with Crippen molar-refractivity contribution in [2.45, 2.75) is 32.5 Å². The number of likely N-dealkylation sites (N-methyl/N-ethyl adjacent to an activating group) is 2. The lowest BCUT2D eigenvalue weighted by Crippen LogP contribution is -2.44. The first kappa shape index (κ1) is 14.3. The number of nitrogens with one attached hydrogen (secondary N) is 1. The number of aryl methyl sites for hydroxylation is 1. The number of benzene rings is 1. The van der Waals surface area contributed by atoms with Crippen LogP contribution in [0, 0.1) is 6.92 Å². The summed E-state index contributed by atoms with van der Waals surface area (Å²) in [6, 6.07) is 9.39. The normalized spacial score (nSPS) is 19.0. The molecule has 1 aliphatic heterocycles. The van der Waals surface area contributed by atoms with Gasteiger partial charge in [-0.1, -0.05) is 24.3 Å². The molecule has 0 bridgehead atoms. The molecule has 4 nitrogen and oxygen atoms in total. The molecule has 0 amide bonds. The van der Waals surface area contributed by atoms with Gasteiger partial charge in [-0.15, -0.1) is 0 Å². The van der Waals surface area contributed by atoms with Crippen molar-refractivity contribution in [1.29, 1.82) is 0 Å². The van der Waals surface area contributed by atoms with E-state index in [9.17, 15) is 0 Å². The highest BCUT2D eigenvalue weighted by molar-refractivity contribution is 5.30. The van der Waals surface area contributed by atoms with Crippen LogP contribution in [0.4, 0.5) is 0 Å². The molecule has 1 atom stereocenters. The number of hydrogen-bond acceptors (Lipinski definition) is 3. The van der Waals surface area contributed by atoms with Crippen LogP contribution in [0.15, 0.2) is 30.5 Å². The largest absolute Gasteiger partial charge is 0.345 e. The Bertz CT molecular complexity index is 604. The maximum absolute atomic E-state index is 4.27. The molecule has 21 heavy (non-hydrogen) atoms. The minimum absolute atomic E-state index is 0.578. The highest BCUT2D eigenvalue weighted by atomic mass is 15.2. The predicted octanol–water partition coefficient (Wildman–Crippen LogP) is 2.21. The van der Waals surface area contributed by atoms with E-state index < -0.39 is 0 Å². The number of fused-ring (bicyclic) bond motifs is 1. The van der Waals surface area contributed by atoms with Crippen molar-refractivity contribution in [2.75, 3.05) is 20.6 Å². The predicted molar refractivity (Wildman–Crippen MR) is 85.1 cm³/mol. The van der Waals surface area contributed by atoms with Crippen molar-refractivity contribution in [3.05, 3.63) is 53.1 Å². The van der Waals surface area contributed by atoms with Gasteiger partial charge in [-0.05, 0) is 38.6 Å². The van der Waals surface area contributed by atoms with Crippen LogP contribution in [0.25, 0.3) is 0 Å². The van der Waals surface area contributed by atoms with Gasteiger partial charge in [0.2, 0.25) is 0 Å². The van der Waals surface area contributed by atoms with Gasteiger partial charge in [0.15, 0.2) is 0 Å². The van der Waals surface area contributed by atoms with Gasteiger partial charge in [0.05, 0.1) is 0 Å². The van der Waals surface area contributed by atoms with E-state index in [-0.39, 0.29) is 0 Å². The average molecular weight is 284 g/mol. The zero-order valence-corrected chi connectivity index (χ0v) is 13.1. The fraction of sp³-hybridized carbons (Fsp3) is 0.471. The van der Waals surface area contributed by atoms with Gasteiger partial charge >= 0.3 is 0 Å². The van der Waals surface area contributed by atoms with Crippen LogP contribution in [-0.2, 0) is 19.5 Å². The third-order valence-electron chi connectivity index (χ3n) is 4.34. The van der Waals surface area contributed by atoms with Crippen LogP contribution in [0.2, 0.25) is 0 Å². The summed E-state index contributed by atoms with van der Waals surface area (Å²) >= 11 is 0. The second-order valence-electron chi connectivity index (χ2n) is 6.23. The zero-order valence-electron chi connectivity index (χ0n) is 13.1. The Kier molecular flexibility index (Phi) is 4.08. The molecule has 112 valence electrons. The molecule has 1 N–H and O–H groups in total. The summed E-state index contributed by atoms with van der Waals surface area (Å²) < 4.78 is 0. The minimum atomic E-state index is 0.578. The van der Waals surface area contributed by atoms with E-state index in [1.165, 1.54) is 16.8 Å². The van der Waals surface area contributed by atoms with E-state index in [2.05, 4.69) is 58.1 Å². The van der Waals surface area contributed by atoms with Crippen molar-refractivity contribution < 1.29 is 0 Å². The first-order valence-corrected chi connectivity index (χ1v) is 7.58. The van der Waals surface area contributed by atoms with E-state index in [4.69, 9.17) is 0 Å². The SMILES string of the molecule is Cc1ncc(CN(C)C[C@@H]2Cc3ccccc3CN2C)[nH]1. The molecule has 0 saturated carbocycles. The molecular formula is C17H24N4. The number of aromatic amines is 1. The minimum Gasteiger partial charge on any atom is -0.345 e. The molecule has 0 saturated heterocycles. The number of hydrogen-bond donors (Lipinski definition) is 1. The van der Waals surface area contributed by atoms with Crippen LogP contribution in [0.5, 0.6) is 0 Å². The molecule has 0 fully saturated rings. The quantitative estimate of drug-likeness (QED) is 0.935. The van der Waals surface area contributed by atoms with Crippen molar-refractivity contribution in [3.8, 4) is 0 Å². The summed E-state index contributed by atoms with van der Waals surface area (Å²) in [5.74, 6) is 0.988. The summed E-state index contributed by atoms with van der Waals surface area (Å²) in [7, 11) is 4.42. The summed E-state index contributed by atoms with van der Waals surface area (Å²) in [4.78, 5) is 12.4. The van der Waals surface area contributed by atoms with E-state index >= 15 is 0 Å². The Morgan fingerprint density at radius 1 is 1.33 bits per heavy atom. The average Bonchev–Trinajstić information content (AvgIpc) is 2.85. The van der Waals surface area contributed by atoms with E-state index in [1.54, 1.807) is 0 Å². The van der Waals surface area contributed by atoms with Crippen molar-refractivity contribution in [2.24, 2.45) is 0 Å². The molecule has 1 aliphatic rings. The molecule has 0 spiro atoms. The Morgan fingerprint density at radius 3 is 2.81 bits per heavy atom. The fourth-order valence-electron chi connectivity index (χ4n) is 3.19. The number of imidazole rings is 1. The maximum Gasteiger partial charge on any atom is 0.103 e. The molecule has 2 heterocycles. The van der Waals surface area contributed by atoms with Gasteiger partial charge in [0.25, 0.3) is 0 Å².